The molecule has 0 atom stereocenters. The van der Waals surface area contributed by atoms with Crippen LogP contribution >= 0.6 is 35.2 Å². The summed E-state index contributed by atoms with van der Waals surface area (Å²) in [7, 11) is 12.7. The monoisotopic (exact) mass is 804 g/mol. The molecule has 6 aliphatic carbocycles. The van der Waals surface area contributed by atoms with Gasteiger partial charge in [0.1, 0.15) is 0 Å². The number of carbonyl (C=O) groups excluding carboxylic acids is 1. The predicted molar refractivity (Wildman–Crippen MR) is 205 cm³/mol. The molecule has 0 radical (unpaired) electrons. The Morgan fingerprint density at radius 2 is 0.652 bits per heavy atom. The second-order valence-electron chi connectivity index (χ2n) is 15.5. The van der Waals surface area contributed by atoms with Crippen LogP contribution in [-0.4, -0.2) is 51.6 Å². The van der Waals surface area contributed by atoms with Crippen LogP contribution in [0.1, 0.15) is 193 Å². The van der Waals surface area contributed by atoms with Crippen LogP contribution in [0.25, 0.3) is 0 Å². The molecule has 0 heterocycles. The molecule has 0 aromatic heterocycles. The fraction of sp³-hybridized carbons (Fsp3) is 0.949. The molecule has 6 fully saturated rings. The number of methoxy groups -OCH3 is 1. The molecule has 0 saturated heterocycles. The van der Waals surface area contributed by atoms with Gasteiger partial charge in [-0.25, -0.2) is 0 Å². The number of ether oxygens (including phenoxy) is 1. The fourth-order valence-corrected chi connectivity index (χ4v) is 20.8. The van der Waals surface area contributed by atoms with E-state index in [1.165, 1.54) is 84.2 Å². The molecule has 0 spiro atoms. The van der Waals surface area contributed by atoms with Gasteiger partial charge in [-0.05, 0) is 111 Å². The third-order valence-corrected chi connectivity index (χ3v) is 22.2. The minimum absolute atomic E-state index is 0.385. The van der Waals surface area contributed by atoms with Crippen molar-refractivity contribution in [2.24, 2.45) is 0 Å². The summed E-state index contributed by atoms with van der Waals surface area (Å²) in [6, 6.07) is 0. The number of rotatable bonds is 7. The normalized spacial score (nSPS) is 25.6. The number of carbonyl (C=O) groups is 1. The molecule has 0 aromatic rings. The zero-order valence-electron chi connectivity index (χ0n) is 29.6. The first kappa shape index (κ1) is 40.2. The first-order valence-corrected chi connectivity index (χ1v) is 28.6. The molecule has 0 amide bonds. The summed E-state index contributed by atoms with van der Waals surface area (Å²) in [6.45, 7) is 0. The van der Waals surface area contributed by atoms with E-state index in [9.17, 15) is 4.79 Å². The third kappa shape index (κ3) is 14.2. The molecule has 0 unspecified atom stereocenters. The Hall–Kier alpha value is 1.40. The molecule has 270 valence electrons. The van der Waals surface area contributed by atoms with Crippen LogP contribution < -0.4 is 0 Å². The first-order chi connectivity index (χ1) is 22.6. The van der Waals surface area contributed by atoms with Gasteiger partial charge in [0.15, 0.2) is 0 Å². The van der Waals surface area contributed by atoms with Gasteiger partial charge in [-0.1, -0.05) is 131 Å². The van der Waals surface area contributed by atoms with Crippen molar-refractivity contribution in [1.29, 1.82) is 0 Å². The summed E-state index contributed by atoms with van der Waals surface area (Å²) in [6.07, 6.45) is 47.2. The van der Waals surface area contributed by atoms with Gasteiger partial charge < -0.3 is 0 Å². The van der Waals surface area contributed by atoms with Crippen molar-refractivity contribution in [3.63, 3.8) is 0 Å². The van der Waals surface area contributed by atoms with Crippen molar-refractivity contribution >= 4 is 45.8 Å². The van der Waals surface area contributed by atoms with E-state index < -0.39 is 19.5 Å². The zero-order chi connectivity index (χ0) is 32.4. The molecule has 0 N–H and O–H groups in total. The molecule has 46 heavy (non-hydrogen) atoms. The zero-order valence-corrected chi connectivity index (χ0v) is 34.6. The maximum atomic E-state index is 10.2. The molecule has 0 bridgehead atoms. The third-order valence-electron chi connectivity index (χ3n) is 12.3. The summed E-state index contributed by atoms with van der Waals surface area (Å²) in [5.74, 6) is -0.450. The van der Waals surface area contributed by atoms with E-state index in [4.69, 9.17) is 19.4 Å². The topological polar surface area (TPSA) is 26.3 Å². The summed E-state index contributed by atoms with van der Waals surface area (Å²) >= 11 is -1.94. The number of hydrogen-bond acceptors (Lipinski definition) is 2. The Kier molecular flexibility index (Phi) is 20.8. The van der Waals surface area contributed by atoms with Crippen LogP contribution in [0.5, 0.6) is 0 Å². The van der Waals surface area contributed by atoms with Crippen LogP contribution in [0.2, 0.25) is 0 Å². The van der Waals surface area contributed by atoms with Gasteiger partial charge in [-0.3, -0.25) is 0 Å². The van der Waals surface area contributed by atoms with E-state index in [1.54, 1.807) is 154 Å². The van der Waals surface area contributed by atoms with Crippen molar-refractivity contribution < 1.29 is 23.0 Å². The number of halogens is 2. The Morgan fingerprint density at radius 1 is 0.457 bits per heavy atom. The van der Waals surface area contributed by atoms with Crippen LogP contribution in [0.15, 0.2) is 0 Å². The van der Waals surface area contributed by atoms with Gasteiger partial charge in [0.25, 0.3) is 0 Å². The molecule has 6 rings (SSSR count). The number of esters is 1. The Balaban J connectivity index is 0.000000170. The van der Waals surface area contributed by atoms with Gasteiger partial charge in [0, 0.05) is 0 Å². The van der Waals surface area contributed by atoms with Gasteiger partial charge in [-0.15, -0.1) is 0 Å². The molecule has 0 aliphatic heterocycles. The fourth-order valence-electron chi connectivity index (χ4n) is 10.2. The quantitative estimate of drug-likeness (QED) is 0.146. The van der Waals surface area contributed by atoms with E-state index in [0.717, 1.165) is 0 Å². The second-order valence-corrected chi connectivity index (χ2v) is 27.4. The van der Waals surface area contributed by atoms with Crippen molar-refractivity contribution in [2.75, 3.05) is 7.11 Å². The van der Waals surface area contributed by atoms with E-state index in [0.29, 0.717) is 15.8 Å². The Bertz CT molecular complexity index is 695. The molecular weight excluding hydrogens is 734 g/mol. The van der Waals surface area contributed by atoms with Gasteiger partial charge >= 0.3 is 60.1 Å². The maximum absolute atomic E-state index is 10.2. The minimum atomic E-state index is -1.94. The van der Waals surface area contributed by atoms with Crippen molar-refractivity contribution in [2.45, 2.75) is 227 Å². The molecule has 0 aromatic carbocycles. The Morgan fingerprint density at radius 3 is 0.783 bits per heavy atom. The van der Waals surface area contributed by atoms with E-state index in [2.05, 4.69) is 4.74 Å². The Labute approximate surface area is 300 Å². The summed E-state index contributed by atoms with van der Waals surface area (Å²) in [5.41, 5.74) is 7.14. The van der Waals surface area contributed by atoms with E-state index >= 15 is 0 Å². The number of hydrogen-bond donors (Lipinski definition) is 0. The van der Waals surface area contributed by atoms with Crippen molar-refractivity contribution in [3.8, 4) is 0 Å². The van der Waals surface area contributed by atoms with E-state index in [-0.39, 0.29) is 0 Å². The second kappa shape index (κ2) is 23.8. The molecule has 6 aliphatic rings. The molecular formula is C39H70Cl2O2P2Ru. The van der Waals surface area contributed by atoms with Crippen molar-refractivity contribution in [3.05, 3.63) is 0 Å². The summed E-state index contributed by atoms with van der Waals surface area (Å²) < 4.78 is 5.44. The van der Waals surface area contributed by atoms with Crippen molar-refractivity contribution in [1.82, 2.24) is 0 Å². The SMILES string of the molecule is C1CCC(P(C2CCCCC2)C2CCCCC2)CC1.C1CCC(P(C2CCCCC2)C2CCCCC2)CC1.COC(=O)[CH]=[Ru]([Cl])[Cl]. The van der Waals surface area contributed by atoms with Crippen LogP contribution in [0.3, 0.4) is 0 Å². The van der Waals surface area contributed by atoms with Gasteiger partial charge in [0.05, 0.1) is 0 Å². The molecule has 6 saturated carbocycles. The summed E-state index contributed by atoms with van der Waals surface area (Å²) in [4.78, 5) is 10.2. The average Bonchev–Trinajstić information content (AvgIpc) is 3.12. The average molecular weight is 805 g/mol. The van der Waals surface area contributed by atoms with Crippen LogP contribution in [0, 0.1) is 0 Å². The standard InChI is InChI=1S/2C18H33P.C3H4O2.2ClH.Ru/c2*1-4-10-16(11-5-1)19(17-12-6-2-7-13-17)18-14-8-3-9-15-18;1-3(4)5-2;;;/h2*16-18H,1-15H2;1H,2H3;2*1H;/q;;;;;+2/p-2. The van der Waals surface area contributed by atoms with Gasteiger partial charge in [0.2, 0.25) is 0 Å². The summed E-state index contributed by atoms with van der Waals surface area (Å²) in [5, 5.41) is 0. The van der Waals surface area contributed by atoms with Crippen LogP contribution in [-0.2, 0) is 23.0 Å². The van der Waals surface area contributed by atoms with Gasteiger partial charge in [-0.2, -0.15) is 0 Å². The molecule has 2 nitrogen and oxygen atoms in total. The predicted octanol–water partition coefficient (Wildman–Crippen LogP) is 13.8. The van der Waals surface area contributed by atoms with Crippen LogP contribution in [0.4, 0.5) is 0 Å². The van der Waals surface area contributed by atoms with E-state index in [1.807, 2.05) is 0 Å². The first-order valence-electron chi connectivity index (χ1n) is 20.0. The molecule has 7 heteroatoms.